The number of hydrogen-bond acceptors (Lipinski definition) is 8. The van der Waals surface area contributed by atoms with Gasteiger partial charge in [-0.15, -0.1) is 0 Å². The highest BCUT2D eigenvalue weighted by molar-refractivity contribution is 5.53. The molecule has 0 saturated heterocycles. The van der Waals surface area contributed by atoms with Crippen LogP contribution in [0.4, 0.5) is 0 Å². The molecule has 3 aromatic rings. The summed E-state index contributed by atoms with van der Waals surface area (Å²) >= 11 is 0. The van der Waals surface area contributed by atoms with Crippen LogP contribution in [-0.4, -0.2) is 50.6 Å². The average molecular weight is 302 g/mol. The first-order chi connectivity index (χ1) is 10.8. The maximum atomic E-state index is 5.34. The van der Waals surface area contributed by atoms with Crippen LogP contribution in [0.5, 0.6) is 5.88 Å². The molecule has 0 aliphatic rings. The van der Waals surface area contributed by atoms with Gasteiger partial charge in [-0.25, -0.2) is 9.97 Å². The molecule has 1 N–H and O–H groups in total. The number of hydrogen-bond donors (Lipinski definition) is 1. The molecule has 0 unspecified atom stereocenters. The van der Waals surface area contributed by atoms with E-state index in [2.05, 4.69) is 30.3 Å². The summed E-state index contributed by atoms with van der Waals surface area (Å²) in [5.74, 6) is 1.07. The maximum absolute atomic E-state index is 5.34. The lowest BCUT2D eigenvalue weighted by Crippen LogP contribution is -2.05. The summed E-state index contributed by atoms with van der Waals surface area (Å²) in [5, 5.41) is 10.7. The Balaban J connectivity index is 1.73. The topological polar surface area (TPSA) is 112 Å². The van der Waals surface area contributed by atoms with Crippen molar-refractivity contribution < 1.29 is 14.0 Å². The molecule has 3 heterocycles. The molecule has 114 valence electrons. The van der Waals surface area contributed by atoms with E-state index in [9.17, 15) is 0 Å². The van der Waals surface area contributed by atoms with Gasteiger partial charge in [0, 0.05) is 12.8 Å². The fraction of sp³-hybridized carbons (Fsp3) is 0.308. The van der Waals surface area contributed by atoms with Crippen LogP contribution in [0.3, 0.4) is 0 Å². The largest absolute Gasteiger partial charge is 0.474 e. The molecule has 0 saturated carbocycles. The molecular formula is C13H14N6O3. The van der Waals surface area contributed by atoms with E-state index < -0.39 is 0 Å². The number of aromatic amines is 1. The number of nitrogens with one attached hydrogen (secondary N) is 1. The van der Waals surface area contributed by atoms with Gasteiger partial charge >= 0.3 is 0 Å². The summed E-state index contributed by atoms with van der Waals surface area (Å²) in [7, 11) is 1.60. The van der Waals surface area contributed by atoms with Gasteiger partial charge in [0.05, 0.1) is 19.0 Å². The van der Waals surface area contributed by atoms with Gasteiger partial charge in [-0.1, -0.05) is 5.16 Å². The lowest BCUT2D eigenvalue weighted by molar-refractivity contribution is 0.143. The third-order valence-electron chi connectivity index (χ3n) is 2.75. The van der Waals surface area contributed by atoms with Crippen molar-refractivity contribution >= 4 is 0 Å². The van der Waals surface area contributed by atoms with Crippen molar-refractivity contribution in [2.75, 3.05) is 20.3 Å². The first-order valence-corrected chi connectivity index (χ1v) is 6.56. The van der Waals surface area contributed by atoms with Crippen LogP contribution in [0, 0.1) is 6.92 Å². The van der Waals surface area contributed by atoms with Crippen LogP contribution in [0.25, 0.3) is 23.1 Å². The van der Waals surface area contributed by atoms with Crippen LogP contribution in [0.2, 0.25) is 0 Å². The zero-order valence-corrected chi connectivity index (χ0v) is 12.1. The second-order valence-electron chi connectivity index (χ2n) is 4.44. The molecule has 0 fully saturated rings. The fourth-order valence-electron chi connectivity index (χ4n) is 1.69. The van der Waals surface area contributed by atoms with Gasteiger partial charge in [0.25, 0.3) is 5.89 Å². The number of aromatic nitrogens is 6. The second kappa shape index (κ2) is 6.31. The van der Waals surface area contributed by atoms with E-state index in [1.807, 2.05) is 13.0 Å². The van der Waals surface area contributed by atoms with Crippen molar-refractivity contribution in [3.8, 4) is 29.0 Å². The number of H-pyrrole nitrogens is 1. The van der Waals surface area contributed by atoms with Gasteiger partial charge in [-0.05, 0) is 13.0 Å². The first kappa shape index (κ1) is 14.1. The second-order valence-corrected chi connectivity index (χ2v) is 4.44. The van der Waals surface area contributed by atoms with Gasteiger partial charge in [0.2, 0.25) is 11.7 Å². The summed E-state index contributed by atoms with van der Waals surface area (Å²) in [5.41, 5.74) is 1.98. The number of nitrogens with zero attached hydrogens (tertiary/aromatic N) is 5. The monoisotopic (exact) mass is 302 g/mol. The van der Waals surface area contributed by atoms with Crippen LogP contribution < -0.4 is 4.74 Å². The quantitative estimate of drug-likeness (QED) is 0.677. The van der Waals surface area contributed by atoms with Crippen molar-refractivity contribution in [3.05, 3.63) is 24.2 Å². The summed E-state index contributed by atoms with van der Waals surface area (Å²) in [6, 6.07) is 1.82. The third kappa shape index (κ3) is 3.09. The smallest absolute Gasteiger partial charge is 0.278 e. The Morgan fingerprint density at radius 1 is 1.18 bits per heavy atom. The first-order valence-electron chi connectivity index (χ1n) is 6.56. The summed E-state index contributed by atoms with van der Waals surface area (Å²) in [6.07, 6.45) is 3.02. The van der Waals surface area contributed by atoms with E-state index in [1.165, 1.54) is 12.4 Å². The predicted octanol–water partition coefficient (Wildman–Crippen LogP) is 1.25. The highest BCUT2D eigenvalue weighted by Crippen LogP contribution is 2.20. The number of ether oxygens (including phenoxy) is 2. The normalized spacial score (nSPS) is 10.8. The van der Waals surface area contributed by atoms with Crippen molar-refractivity contribution in [2.45, 2.75) is 6.92 Å². The molecule has 0 atom stereocenters. The van der Waals surface area contributed by atoms with E-state index >= 15 is 0 Å². The maximum Gasteiger partial charge on any atom is 0.278 e. The minimum atomic E-state index is 0.321. The lowest BCUT2D eigenvalue weighted by Gasteiger charge is -2.03. The van der Waals surface area contributed by atoms with Crippen molar-refractivity contribution in [2.24, 2.45) is 0 Å². The molecule has 9 nitrogen and oxygen atoms in total. The molecule has 0 bridgehead atoms. The van der Waals surface area contributed by atoms with E-state index in [4.69, 9.17) is 14.0 Å². The molecule has 0 aliphatic heterocycles. The molecule has 9 heteroatoms. The summed E-state index contributed by atoms with van der Waals surface area (Å²) in [6.45, 7) is 2.79. The van der Waals surface area contributed by atoms with Gasteiger partial charge in [-0.2, -0.15) is 10.1 Å². The van der Waals surface area contributed by atoms with Crippen LogP contribution in [0.1, 0.15) is 5.69 Å². The summed E-state index contributed by atoms with van der Waals surface area (Å²) < 4.78 is 15.4. The van der Waals surface area contributed by atoms with E-state index in [1.54, 1.807) is 7.11 Å². The van der Waals surface area contributed by atoms with E-state index in [0.717, 1.165) is 5.69 Å². The Labute approximate surface area is 125 Å². The third-order valence-corrected chi connectivity index (χ3v) is 2.75. The molecule has 0 spiro atoms. The Kier molecular flexibility index (Phi) is 4.05. The highest BCUT2D eigenvalue weighted by atomic mass is 16.5. The predicted molar refractivity (Wildman–Crippen MR) is 75.0 cm³/mol. The van der Waals surface area contributed by atoms with Crippen LogP contribution in [-0.2, 0) is 4.74 Å². The zero-order chi connectivity index (χ0) is 15.4. The molecule has 0 aliphatic carbocycles. The highest BCUT2D eigenvalue weighted by Gasteiger charge is 2.14. The SMILES string of the molecule is COCCOc1cnc(-c2noc(-c3cc(C)[nH]n3)n2)cn1. The van der Waals surface area contributed by atoms with Gasteiger partial charge in [0.15, 0.2) is 5.69 Å². The van der Waals surface area contributed by atoms with Gasteiger partial charge in [-0.3, -0.25) is 5.10 Å². The van der Waals surface area contributed by atoms with E-state index in [-0.39, 0.29) is 0 Å². The van der Waals surface area contributed by atoms with Crippen molar-refractivity contribution in [1.29, 1.82) is 0 Å². The van der Waals surface area contributed by atoms with Crippen molar-refractivity contribution in [3.63, 3.8) is 0 Å². The van der Waals surface area contributed by atoms with E-state index in [0.29, 0.717) is 42.2 Å². The minimum Gasteiger partial charge on any atom is -0.474 e. The molecule has 0 radical (unpaired) electrons. The Hall–Kier alpha value is -2.81. The lowest BCUT2D eigenvalue weighted by atomic mass is 10.4. The Morgan fingerprint density at radius 3 is 2.77 bits per heavy atom. The molecule has 3 aromatic heterocycles. The zero-order valence-electron chi connectivity index (χ0n) is 12.1. The number of aryl methyl sites for hydroxylation is 1. The van der Waals surface area contributed by atoms with Crippen LogP contribution in [0.15, 0.2) is 23.0 Å². The molecule has 3 rings (SSSR count). The van der Waals surface area contributed by atoms with Crippen molar-refractivity contribution in [1.82, 2.24) is 30.3 Å². The number of rotatable bonds is 6. The summed E-state index contributed by atoms with van der Waals surface area (Å²) in [4.78, 5) is 12.6. The molecule has 0 amide bonds. The minimum absolute atomic E-state index is 0.321. The molecular weight excluding hydrogens is 288 g/mol. The Morgan fingerprint density at radius 2 is 2.09 bits per heavy atom. The molecule has 22 heavy (non-hydrogen) atoms. The number of methoxy groups -OCH3 is 1. The van der Waals surface area contributed by atoms with Gasteiger partial charge in [0.1, 0.15) is 12.3 Å². The average Bonchev–Trinajstić information content (AvgIpc) is 3.17. The van der Waals surface area contributed by atoms with Gasteiger partial charge < -0.3 is 14.0 Å². The Bertz CT molecular complexity index is 736. The molecule has 0 aromatic carbocycles. The van der Waals surface area contributed by atoms with Crippen LogP contribution >= 0.6 is 0 Å². The fourth-order valence-corrected chi connectivity index (χ4v) is 1.69. The standard InChI is InChI=1S/C13H14N6O3/c1-8-5-9(18-17-8)13-16-12(19-22-13)10-6-15-11(7-14-10)21-4-3-20-2/h5-7H,3-4H2,1-2H3,(H,17,18).